The van der Waals surface area contributed by atoms with Gasteiger partial charge in [0.2, 0.25) is 5.16 Å². The summed E-state index contributed by atoms with van der Waals surface area (Å²) in [4.78, 5) is 10.5. The van der Waals surface area contributed by atoms with Gasteiger partial charge >= 0.3 is 0 Å². The average Bonchev–Trinajstić information content (AvgIpc) is 3.23. The maximum absolute atomic E-state index is 11.0. The number of nitro benzene ring substituents is 1. The summed E-state index contributed by atoms with van der Waals surface area (Å²) in [7, 11) is 1.49. The Labute approximate surface area is 151 Å². The number of rotatable bonds is 4. The van der Waals surface area contributed by atoms with Crippen LogP contribution in [-0.4, -0.2) is 32.0 Å². The second kappa shape index (κ2) is 6.23. The molecule has 1 atom stereocenters. The number of nitrogens with one attached hydrogen (secondary N) is 1. The molecule has 1 aliphatic heterocycles. The third-order valence-electron chi connectivity index (χ3n) is 3.92. The summed E-state index contributed by atoms with van der Waals surface area (Å²) in [5.74, 6) is 0.937. The molecule has 4 rings (SSSR count). The lowest BCUT2D eigenvalue weighted by Crippen LogP contribution is -2.13. The summed E-state index contributed by atoms with van der Waals surface area (Å²) in [6.45, 7) is 0. The predicted octanol–water partition coefficient (Wildman–Crippen LogP) is 2.92. The number of hydrogen-bond acceptors (Lipinski definition) is 8. The van der Waals surface area contributed by atoms with Crippen LogP contribution in [0.3, 0.4) is 0 Å². The lowest BCUT2D eigenvalue weighted by Gasteiger charge is -2.13. The standard InChI is InChI=1S/C16H13N5O4S/c1-25-13-8-10(5-6-12(13)22)15-19-20-14(17-18-16(20)26-15)9-3-2-4-11(7-9)21(23)24/h2-8,15,19,22H,1H3. The van der Waals surface area contributed by atoms with Crippen molar-refractivity contribution in [3.8, 4) is 22.9 Å². The zero-order valence-electron chi connectivity index (χ0n) is 13.5. The quantitative estimate of drug-likeness (QED) is 0.531. The van der Waals surface area contributed by atoms with Crippen molar-refractivity contribution in [3.63, 3.8) is 0 Å². The minimum Gasteiger partial charge on any atom is -0.504 e. The monoisotopic (exact) mass is 371 g/mol. The first-order valence-electron chi connectivity index (χ1n) is 7.57. The predicted molar refractivity (Wildman–Crippen MR) is 94.7 cm³/mol. The summed E-state index contributed by atoms with van der Waals surface area (Å²) >= 11 is 1.45. The van der Waals surface area contributed by atoms with E-state index in [1.807, 2.05) is 0 Å². The fourth-order valence-corrected chi connectivity index (χ4v) is 3.64. The lowest BCUT2D eigenvalue weighted by molar-refractivity contribution is -0.384. The number of benzene rings is 2. The number of fused-ring (bicyclic) bond motifs is 1. The summed E-state index contributed by atoms with van der Waals surface area (Å²) in [6.07, 6.45) is 0. The van der Waals surface area contributed by atoms with Gasteiger partial charge in [0.1, 0.15) is 5.37 Å². The molecule has 0 spiro atoms. The van der Waals surface area contributed by atoms with E-state index in [9.17, 15) is 15.2 Å². The first-order chi connectivity index (χ1) is 12.6. The first kappa shape index (κ1) is 16.2. The smallest absolute Gasteiger partial charge is 0.270 e. The largest absolute Gasteiger partial charge is 0.504 e. The van der Waals surface area contributed by atoms with Gasteiger partial charge in [-0.2, -0.15) is 0 Å². The zero-order valence-corrected chi connectivity index (χ0v) is 14.3. The third-order valence-corrected chi connectivity index (χ3v) is 5.01. The van der Waals surface area contributed by atoms with Gasteiger partial charge in [-0.25, -0.2) is 4.68 Å². The van der Waals surface area contributed by atoms with Gasteiger partial charge in [0, 0.05) is 17.7 Å². The van der Waals surface area contributed by atoms with E-state index in [4.69, 9.17) is 4.74 Å². The highest BCUT2D eigenvalue weighted by molar-refractivity contribution is 7.99. The molecule has 10 heteroatoms. The van der Waals surface area contributed by atoms with E-state index in [2.05, 4.69) is 15.6 Å². The lowest BCUT2D eigenvalue weighted by atomic mass is 10.2. The molecule has 3 aromatic rings. The van der Waals surface area contributed by atoms with E-state index in [1.165, 1.54) is 31.0 Å². The highest BCUT2D eigenvalue weighted by Gasteiger charge is 2.29. The third kappa shape index (κ3) is 2.69. The normalized spacial score (nSPS) is 15.3. The second-order valence-corrected chi connectivity index (χ2v) is 6.58. The molecule has 0 bridgehead atoms. The Morgan fingerprint density at radius 1 is 1.31 bits per heavy atom. The molecule has 1 unspecified atom stereocenters. The molecule has 132 valence electrons. The van der Waals surface area contributed by atoms with Crippen LogP contribution in [0.4, 0.5) is 5.69 Å². The maximum Gasteiger partial charge on any atom is 0.270 e. The molecule has 0 amide bonds. The highest BCUT2D eigenvalue weighted by atomic mass is 32.2. The van der Waals surface area contributed by atoms with Crippen molar-refractivity contribution in [3.05, 3.63) is 58.1 Å². The number of aromatic hydroxyl groups is 1. The fraction of sp³-hybridized carbons (Fsp3) is 0.125. The van der Waals surface area contributed by atoms with E-state index in [0.29, 0.717) is 22.3 Å². The number of aromatic nitrogens is 3. The van der Waals surface area contributed by atoms with Gasteiger partial charge in [0.15, 0.2) is 17.3 Å². The SMILES string of the molecule is COc1cc(C2Nn3c(nnc3-c3cccc([N+](=O)[O-])c3)S2)ccc1O. The molecule has 1 aliphatic rings. The zero-order chi connectivity index (χ0) is 18.3. The van der Waals surface area contributed by atoms with Crippen LogP contribution < -0.4 is 10.2 Å². The van der Waals surface area contributed by atoms with Gasteiger partial charge < -0.3 is 15.3 Å². The molecule has 0 saturated carbocycles. The van der Waals surface area contributed by atoms with E-state index in [1.54, 1.807) is 35.0 Å². The van der Waals surface area contributed by atoms with E-state index in [-0.39, 0.29) is 16.8 Å². The van der Waals surface area contributed by atoms with Gasteiger partial charge in [-0.1, -0.05) is 30.0 Å². The number of ether oxygens (including phenoxy) is 1. The fourth-order valence-electron chi connectivity index (χ4n) is 2.66. The minimum atomic E-state index is -0.446. The number of nitro groups is 1. The number of phenolic OH excluding ortho intramolecular Hbond substituents is 1. The maximum atomic E-state index is 11.0. The summed E-state index contributed by atoms with van der Waals surface area (Å²) in [5.41, 5.74) is 4.74. The summed E-state index contributed by atoms with van der Waals surface area (Å²) in [5, 5.41) is 29.5. The molecule has 1 aromatic heterocycles. The molecular formula is C16H13N5O4S. The van der Waals surface area contributed by atoms with Crippen LogP contribution in [0.1, 0.15) is 10.9 Å². The Morgan fingerprint density at radius 2 is 2.15 bits per heavy atom. The molecule has 2 aromatic carbocycles. The van der Waals surface area contributed by atoms with Gasteiger partial charge in [0.25, 0.3) is 5.69 Å². The molecule has 2 N–H and O–H groups in total. The average molecular weight is 371 g/mol. The topological polar surface area (TPSA) is 115 Å². The van der Waals surface area contributed by atoms with Crippen molar-refractivity contribution < 1.29 is 14.8 Å². The number of thioether (sulfide) groups is 1. The Kier molecular flexibility index (Phi) is 3.88. The van der Waals surface area contributed by atoms with Gasteiger partial charge in [-0.3, -0.25) is 10.1 Å². The summed E-state index contributed by atoms with van der Waals surface area (Å²) < 4.78 is 6.85. The molecule has 2 heterocycles. The van der Waals surface area contributed by atoms with E-state index >= 15 is 0 Å². The Morgan fingerprint density at radius 3 is 2.92 bits per heavy atom. The minimum absolute atomic E-state index is 0.00896. The molecule has 9 nitrogen and oxygen atoms in total. The van der Waals surface area contributed by atoms with Crippen LogP contribution in [0.2, 0.25) is 0 Å². The number of phenols is 1. The van der Waals surface area contributed by atoms with Crippen LogP contribution in [0, 0.1) is 10.1 Å². The van der Waals surface area contributed by atoms with Gasteiger partial charge in [-0.15, -0.1) is 10.2 Å². The van der Waals surface area contributed by atoms with Crippen LogP contribution in [0.25, 0.3) is 11.4 Å². The number of hydrogen-bond donors (Lipinski definition) is 2. The Bertz CT molecular complexity index is 1010. The molecule has 0 aliphatic carbocycles. The highest BCUT2D eigenvalue weighted by Crippen LogP contribution is 2.42. The molecular weight excluding hydrogens is 358 g/mol. The number of non-ortho nitro benzene ring substituents is 1. The molecule has 0 fully saturated rings. The first-order valence-corrected chi connectivity index (χ1v) is 8.45. The molecule has 0 saturated heterocycles. The van der Waals surface area contributed by atoms with Gasteiger partial charge in [-0.05, 0) is 17.7 Å². The van der Waals surface area contributed by atoms with E-state index in [0.717, 1.165) is 5.56 Å². The van der Waals surface area contributed by atoms with Crippen molar-refractivity contribution in [2.75, 3.05) is 12.5 Å². The second-order valence-electron chi connectivity index (χ2n) is 5.51. The van der Waals surface area contributed by atoms with Crippen LogP contribution in [0.5, 0.6) is 11.5 Å². The van der Waals surface area contributed by atoms with E-state index < -0.39 is 4.92 Å². The van der Waals surface area contributed by atoms with Crippen molar-refractivity contribution >= 4 is 17.4 Å². The van der Waals surface area contributed by atoms with Crippen molar-refractivity contribution in [1.82, 2.24) is 14.9 Å². The van der Waals surface area contributed by atoms with Crippen molar-refractivity contribution in [2.45, 2.75) is 10.5 Å². The van der Waals surface area contributed by atoms with Gasteiger partial charge in [0.05, 0.1) is 12.0 Å². The Balaban J connectivity index is 1.65. The van der Waals surface area contributed by atoms with Crippen molar-refractivity contribution in [2.24, 2.45) is 0 Å². The van der Waals surface area contributed by atoms with Crippen LogP contribution in [-0.2, 0) is 0 Å². The number of methoxy groups -OCH3 is 1. The molecule has 0 radical (unpaired) electrons. The van der Waals surface area contributed by atoms with Crippen LogP contribution >= 0.6 is 11.8 Å². The Hall–Kier alpha value is -3.27. The molecule has 26 heavy (non-hydrogen) atoms. The van der Waals surface area contributed by atoms with Crippen LogP contribution in [0.15, 0.2) is 47.6 Å². The van der Waals surface area contributed by atoms with Crippen molar-refractivity contribution in [1.29, 1.82) is 0 Å². The summed E-state index contributed by atoms with van der Waals surface area (Å²) in [6, 6.07) is 11.3. The number of nitrogens with zero attached hydrogens (tertiary/aromatic N) is 4.